The molecule has 100 valence electrons. The van der Waals surface area contributed by atoms with Crippen molar-refractivity contribution in [2.45, 2.75) is 31.6 Å². The number of halogens is 3. The number of nitrogens with zero attached hydrogens (tertiary/aromatic N) is 2. The normalized spacial score (nSPS) is 20.7. The van der Waals surface area contributed by atoms with Crippen molar-refractivity contribution in [1.82, 2.24) is 15.1 Å². The molecular formula is C10H13F3N4O. The smallest absolute Gasteiger partial charge is 0.308 e. The summed E-state index contributed by atoms with van der Waals surface area (Å²) >= 11 is 0. The molecule has 1 aromatic heterocycles. The van der Waals surface area contributed by atoms with Crippen LogP contribution < -0.4 is 10.6 Å². The highest BCUT2D eigenvalue weighted by molar-refractivity contribution is 5.94. The van der Waals surface area contributed by atoms with Crippen molar-refractivity contribution in [2.24, 2.45) is 0 Å². The fourth-order valence-corrected chi connectivity index (χ4v) is 1.82. The molecule has 8 heteroatoms. The maximum atomic E-state index is 12.3. The zero-order chi connectivity index (χ0) is 13.2. The van der Waals surface area contributed by atoms with Crippen molar-refractivity contribution in [3.63, 3.8) is 0 Å². The molecule has 1 aromatic rings. The predicted octanol–water partition coefficient (Wildman–Crippen LogP) is 1.44. The van der Waals surface area contributed by atoms with Crippen LogP contribution in [0.1, 0.15) is 19.3 Å². The van der Waals surface area contributed by atoms with Gasteiger partial charge >= 0.3 is 6.30 Å². The van der Waals surface area contributed by atoms with E-state index < -0.39 is 6.30 Å². The molecule has 1 amide bonds. The third-order valence-corrected chi connectivity index (χ3v) is 2.73. The molecule has 5 nitrogen and oxygen atoms in total. The first kappa shape index (κ1) is 12.9. The number of anilines is 1. The summed E-state index contributed by atoms with van der Waals surface area (Å²) < 4.78 is 36.7. The van der Waals surface area contributed by atoms with Gasteiger partial charge in [0.05, 0.1) is 6.04 Å². The van der Waals surface area contributed by atoms with Crippen LogP contribution in [0.3, 0.4) is 0 Å². The van der Waals surface area contributed by atoms with E-state index in [4.69, 9.17) is 0 Å². The summed E-state index contributed by atoms with van der Waals surface area (Å²) in [6, 6.07) is 0.767. The van der Waals surface area contributed by atoms with Gasteiger partial charge in [-0.05, 0) is 19.4 Å². The number of amides is 1. The van der Waals surface area contributed by atoms with Crippen molar-refractivity contribution in [2.75, 3.05) is 11.9 Å². The number of hydrogen-bond acceptors (Lipinski definition) is 3. The van der Waals surface area contributed by atoms with E-state index in [9.17, 15) is 18.0 Å². The van der Waals surface area contributed by atoms with Crippen LogP contribution in [0, 0.1) is 0 Å². The quantitative estimate of drug-likeness (QED) is 0.848. The molecule has 18 heavy (non-hydrogen) atoms. The van der Waals surface area contributed by atoms with Gasteiger partial charge in [0.1, 0.15) is 0 Å². The Hall–Kier alpha value is -1.57. The topological polar surface area (TPSA) is 59.0 Å². The fraction of sp³-hybridized carbons (Fsp3) is 0.600. The van der Waals surface area contributed by atoms with Gasteiger partial charge in [-0.2, -0.15) is 4.68 Å². The molecule has 1 atom stereocenters. The SMILES string of the molecule is O=C(Nc1ccn(C(F)(F)F)n1)C1CCCCN1. The first-order chi connectivity index (χ1) is 8.47. The molecule has 1 aliphatic heterocycles. The van der Waals surface area contributed by atoms with Gasteiger partial charge in [0.15, 0.2) is 5.82 Å². The molecule has 1 fully saturated rings. The molecule has 1 saturated heterocycles. The maximum absolute atomic E-state index is 12.3. The lowest BCUT2D eigenvalue weighted by molar-refractivity contribution is -0.212. The monoisotopic (exact) mass is 262 g/mol. The van der Waals surface area contributed by atoms with Crippen molar-refractivity contribution < 1.29 is 18.0 Å². The Morgan fingerprint density at radius 1 is 1.50 bits per heavy atom. The molecule has 0 aromatic carbocycles. The number of carbonyl (C=O) groups excluding carboxylic acids is 1. The molecule has 0 radical (unpaired) electrons. The Balaban J connectivity index is 1.96. The summed E-state index contributed by atoms with van der Waals surface area (Å²) in [6.45, 7) is 0.745. The van der Waals surface area contributed by atoms with E-state index in [1.54, 1.807) is 0 Å². The first-order valence-corrected chi connectivity index (χ1v) is 5.64. The molecule has 0 aliphatic carbocycles. The van der Waals surface area contributed by atoms with Crippen molar-refractivity contribution in [3.8, 4) is 0 Å². The number of carbonyl (C=O) groups is 1. The minimum atomic E-state index is -4.56. The van der Waals surface area contributed by atoms with Crippen LogP contribution >= 0.6 is 0 Å². The minimum Gasteiger partial charge on any atom is -0.308 e. The van der Waals surface area contributed by atoms with Crippen LogP contribution in [0.5, 0.6) is 0 Å². The van der Waals surface area contributed by atoms with Gasteiger partial charge in [-0.15, -0.1) is 18.3 Å². The Labute approximate surface area is 101 Å². The van der Waals surface area contributed by atoms with Gasteiger partial charge < -0.3 is 10.6 Å². The van der Waals surface area contributed by atoms with Crippen LogP contribution in [-0.4, -0.2) is 28.3 Å². The average Bonchev–Trinajstić information content (AvgIpc) is 2.78. The summed E-state index contributed by atoms with van der Waals surface area (Å²) in [5.74, 6) is -0.438. The second-order valence-electron chi connectivity index (χ2n) is 4.11. The van der Waals surface area contributed by atoms with Crippen molar-refractivity contribution in [3.05, 3.63) is 12.3 Å². The van der Waals surface area contributed by atoms with Crippen LogP contribution in [0.4, 0.5) is 19.0 Å². The van der Waals surface area contributed by atoms with E-state index in [0.717, 1.165) is 31.6 Å². The highest BCUT2D eigenvalue weighted by atomic mass is 19.4. The molecule has 0 spiro atoms. The number of rotatable bonds is 2. The number of alkyl halides is 3. The predicted molar refractivity (Wildman–Crippen MR) is 57.8 cm³/mol. The molecule has 0 saturated carbocycles. The maximum Gasteiger partial charge on any atom is 0.504 e. The van der Waals surface area contributed by atoms with Crippen molar-refractivity contribution in [1.29, 1.82) is 0 Å². The third-order valence-electron chi connectivity index (χ3n) is 2.73. The Morgan fingerprint density at radius 3 is 2.83 bits per heavy atom. The van der Waals surface area contributed by atoms with Crippen LogP contribution in [0.25, 0.3) is 0 Å². The molecular weight excluding hydrogens is 249 g/mol. The summed E-state index contributed by atoms with van der Waals surface area (Å²) in [7, 11) is 0. The zero-order valence-electron chi connectivity index (χ0n) is 9.50. The van der Waals surface area contributed by atoms with E-state index in [0.29, 0.717) is 6.42 Å². The number of nitrogens with one attached hydrogen (secondary N) is 2. The molecule has 1 aliphatic rings. The van der Waals surface area contributed by atoms with E-state index in [1.807, 2.05) is 0 Å². The average molecular weight is 262 g/mol. The lowest BCUT2D eigenvalue weighted by atomic mass is 10.0. The van der Waals surface area contributed by atoms with Crippen LogP contribution in [0.2, 0.25) is 0 Å². The Bertz CT molecular complexity index is 423. The Morgan fingerprint density at radius 2 is 2.28 bits per heavy atom. The molecule has 2 heterocycles. The molecule has 2 rings (SSSR count). The van der Waals surface area contributed by atoms with Gasteiger partial charge in [-0.25, -0.2) is 0 Å². The second kappa shape index (κ2) is 4.97. The highest BCUT2D eigenvalue weighted by Gasteiger charge is 2.32. The summed E-state index contributed by atoms with van der Waals surface area (Å²) in [4.78, 5) is 11.7. The van der Waals surface area contributed by atoms with E-state index in [1.165, 1.54) is 0 Å². The summed E-state index contributed by atoms with van der Waals surface area (Å²) in [6.07, 6.45) is -1.17. The van der Waals surface area contributed by atoms with E-state index in [-0.39, 0.29) is 22.4 Å². The second-order valence-corrected chi connectivity index (χ2v) is 4.11. The van der Waals surface area contributed by atoms with Gasteiger partial charge in [0.2, 0.25) is 5.91 Å². The van der Waals surface area contributed by atoms with Gasteiger partial charge in [-0.1, -0.05) is 6.42 Å². The minimum absolute atomic E-state index is 0.0929. The standard InChI is InChI=1S/C10H13F3N4O/c11-10(12,13)17-6-4-8(16-17)15-9(18)7-3-1-2-5-14-7/h4,6-7,14H,1-3,5H2,(H,15,16,18). The molecule has 1 unspecified atom stereocenters. The lowest BCUT2D eigenvalue weighted by Crippen LogP contribution is -2.43. The lowest BCUT2D eigenvalue weighted by Gasteiger charge is -2.21. The Kier molecular flexibility index (Phi) is 3.55. The fourth-order valence-electron chi connectivity index (χ4n) is 1.82. The van der Waals surface area contributed by atoms with Crippen LogP contribution in [0.15, 0.2) is 12.3 Å². The van der Waals surface area contributed by atoms with E-state index in [2.05, 4.69) is 15.7 Å². The largest absolute Gasteiger partial charge is 0.504 e. The van der Waals surface area contributed by atoms with Gasteiger partial charge in [0, 0.05) is 12.3 Å². The van der Waals surface area contributed by atoms with Gasteiger partial charge in [-0.3, -0.25) is 4.79 Å². The number of hydrogen-bond donors (Lipinski definition) is 2. The van der Waals surface area contributed by atoms with Gasteiger partial charge in [0.25, 0.3) is 0 Å². The molecule has 0 bridgehead atoms. The highest BCUT2D eigenvalue weighted by Crippen LogP contribution is 2.22. The summed E-state index contributed by atoms with van der Waals surface area (Å²) in [5.41, 5.74) is 0. The van der Waals surface area contributed by atoms with Crippen LogP contribution in [-0.2, 0) is 11.1 Å². The third kappa shape index (κ3) is 3.00. The number of piperidine rings is 1. The van der Waals surface area contributed by atoms with Crippen molar-refractivity contribution >= 4 is 11.7 Å². The molecule has 2 N–H and O–H groups in total. The first-order valence-electron chi connectivity index (χ1n) is 5.64. The zero-order valence-corrected chi connectivity index (χ0v) is 9.50. The summed E-state index contributed by atoms with van der Waals surface area (Å²) in [5, 5.41) is 8.63. The van der Waals surface area contributed by atoms with E-state index >= 15 is 0 Å². The number of aromatic nitrogens is 2.